The lowest BCUT2D eigenvalue weighted by molar-refractivity contribution is -0.118. The van der Waals surface area contributed by atoms with Crippen molar-refractivity contribution in [3.63, 3.8) is 0 Å². The second-order valence-corrected chi connectivity index (χ2v) is 4.75. The first-order chi connectivity index (χ1) is 7.22. The van der Waals surface area contributed by atoms with E-state index in [-0.39, 0.29) is 0 Å². The summed E-state index contributed by atoms with van der Waals surface area (Å²) in [5, 5.41) is 0. The molecule has 0 N–H and O–H groups in total. The van der Waals surface area contributed by atoms with Crippen molar-refractivity contribution < 1.29 is 4.79 Å². The molecule has 2 heteroatoms. The van der Waals surface area contributed by atoms with Crippen LogP contribution in [0.15, 0.2) is 24.3 Å². The maximum Gasteiger partial charge on any atom is 0.134 e. The molecular formula is C13H18OS. The fraction of sp³-hybridized carbons (Fsp3) is 0.462. The summed E-state index contributed by atoms with van der Waals surface area (Å²) >= 11 is 1.73. The van der Waals surface area contributed by atoms with Gasteiger partial charge < -0.3 is 0 Å². The molecule has 15 heavy (non-hydrogen) atoms. The number of hydrogen-bond acceptors (Lipinski definition) is 2. The summed E-state index contributed by atoms with van der Waals surface area (Å²) in [5.41, 5.74) is 2.53. The van der Waals surface area contributed by atoms with Crippen molar-refractivity contribution in [2.24, 2.45) is 0 Å². The summed E-state index contributed by atoms with van der Waals surface area (Å²) in [6.07, 6.45) is 4.32. The molecule has 0 saturated heterocycles. The molecule has 0 unspecified atom stereocenters. The van der Waals surface area contributed by atoms with Crippen molar-refractivity contribution in [3.05, 3.63) is 35.4 Å². The van der Waals surface area contributed by atoms with Crippen molar-refractivity contribution in [2.75, 3.05) is 12.0 Å². The summed E-state index contributed by atoms with van der Waals surface area (Å²) < 4.78 is 0. The van der Waals surface area contributed by atoms with E-state index >= 15 is 0 Å². The highest BCUT2D eigenvalue weighted by Crippen LogP contribution is 2.07. The largest absolute Gasteiger partial charge is 0.300 e. The van der Waals surface area contributed by atoms with Crippen LogP contribution in [0.3, 0.4) is 0 Å². The van der Waals surface area contributed by atoms with Crippen LogP contribution >= 0.6 is 11.8 Å². The number of Topliss-reactive ketones (excluding diaryl/α,β-unsaturated/α-hetero) is 1. The van der Waals surface area contributed by atoms with E-state index in [0.717, 1.165) is 12.2 Å². The molecule has 82 valence electrons. The third-order valence-corrected chi connectivity index (χ3v) is 3.01. The van der Waals surface area contributed by atoms with Crippen LogP contribution in [0.2, 0.25) is 0 Å². The maximum absolute atomic E-state index is 11.4. The Morgan fingerprint density at radius 3 is 2.47 bits per heavy atom. The lowest BCUT2D eigenvalue weighted by Crippen LogP contribution is -2.01. The zero-order valence-corrected chi connectivity index (χ0v) is 10.3. The normalized spacial score (nSPS) is 10.3. The average molecular weight is 222 g/mol. The highest BCUT2D eigenvalue weighted by molar-refractivity contribution is 7.98. The Hall–Kier alpha value is -0.760. The number of aryl methyl sites for hydroxylation is 2. The van der Waals surface area contributed by atoms with E-state index in [4.69, 9.17) is 0 Å². The molecule has 1 nitrogen and oxygen atoms in total. The quantitative estimate of drug-likeness (QED) is 0.735. The molecule has 0 heterocycles. The van der Waals surface area contributed by atoms with E-state index in [9.17, 15) is 4.79 Å². The second-order valence-electron chi connectivity index (χ2n) is 3.77. The van der Waals surface area contributed by atoms with Crippen molar-refractivity contribution in [1.82, 2.24) is 0 Å². The molecular weight excluding hydrogens is 204 g/mol. The minimum absolute atomic E-state index is 0.380. The Bertz CT molecular complexity index is 303. The summed E-state index contributed by atoms with van der Waals surface area (Å²) in [4.78, 5) is 11.4. The molecule has 0 amide bonds. The topological polar surface area (TPSA) is 17.1 Å². The van der Waals surface area contributed by atoms with Crippen LogP contribution in [0.1, 0.15) is 24.0 Å². The monoisotopic (exact) mass is 222 g/mol. The fourth-order valence-corrected chi connectivity index (χ4v) is 1.81. The van der Waals surface area contributed by atoms with Gasteiger partial charge in [-0.3, -0.25) is 4.79 Å². The van der Waals surface area contributed by atoms with Crippen LogP contribution in [-0.4, -0.2) is 17.8 Å². The summed E-state index contributed by atoms with van der Waals surface area (Å²) in [5.74, 6) is 1.33. The van der Waals surface area contributed by atoms with Crippen molar-refractivity contribution >= 4 is 17.5 Å². The molecule has 0 bridgehead atoms. The van der Waals surface area contributed by atoms with E-state index in [0.29, 0.717) is 18.6 Å². The Morgan fingerprint density at radius 1 is 1.20 bits per heavy atom. The number of rotatable bonds is 6. The second kappa shape index (κ2) is 6.67. The third kappa shape index (κ3) is 5.03. The van der Waals surface area contributed by atoms with E-state index in [1.807, 2.05) is 6.26 Å². The van der Waals surface area contributed by atoms with Gasteiger partial charge in [0.25, 0.3) is 0 Å². The lowest BCUT2D eigenvalue weighted by Gasteiger charge is -2.01. The van der Waals surface area contributed by atoms with Gasteiger partial charge in [-0.25, -0.2) is 0 Å². The molecule has 0 fully saturated rings. The first-order valence-electron chi connectivity index (χ1n) is 5.28. The highest BCUT2D eigenvalue weighted by Gasteiger charge is 2.01. The van der Waals surface area contributed by atoms with E-state index in [2.05, 4.69) is 31.2 Å². The van der Waals surface area contributed by atoms with Gasteiger partial charge in [-0.05, 0) is 30.9 Å². The third-order valence-electron chi connectivity index (χ3n) is 2.40. The zero-order valence-electron chi connectivity index (χ0n) is 9.45. The smallest absolute Gasteiger partial charge is 0.134 e. The number of thioether (sulfide) groups is 1. The highest BCUT2D eigenvalue weighted by atomic mass is 32.2. The van der Waals surface area contributed by atoms with Gasteiger partial charge in [-0.1, -0.05) is 29.8 Å². The molecule has 0 atom stereocenters. The van der Waals surface area contributed by atoms with Crippen molar-refractivity contribution in [2.45, 2.75) is 26.2 Å². The minimum Gasteiger partial charge on any atom is -0.300 e. The van der Waals surface area contributed by atoms with Crippen LogP contribution in [0.4, 0.5) is 0 Å². The van der Waals surface area contributed by atoms with Gasteiger partial charge in [0.1, 0.15) is 5.78 Å². The van der Waals surface area contributed by atoms with Crippen molar-refractivity contribution in [1.29, 1.82) is 0 Å². The standard InChI is InChI=1S/C13H18OS/c1-11-3-5-12(6-4-11)7-8-13(14)9-10-15-2/h3-6H,7-10H2,1-2H3. The predicted octanol–water partition coefficient (Wildman–Crippen LogP) is 3.25. The Labute approximate surface area is 96.3 Å². The number of carbonyl (C=O) groups excluding carboxylic acids is 1. The average Bonchev–Trinajstić information content (AvgIpc) is 2.25. The maximum atomic E-state index is 11.4. The van der Waals surface area contributed by atoms with Crippen LogP contribution in [-0.2, 0) is 11.2 Å². The first kappa shape index (κ1) is 12.3. The van der Waals surface area contributed by atoms with E-state index < -0.39 is 0 Å². The Balaban J connectivity index is 2.30. The molecule has 0 saturated carbocycles. The van der Waals surface area contributed by atoms with Gasteiger partial charge in [0, 0.05) is 12.8 Å². The summed E-state index contributed by atoms with van der Waals surface area (Å²) in [6.45, 7) is 2.08. The molecule has 1 aromatic rings. The number of carbonyl (C=O) groups is 1. The molecule has 0 spiro atoms. The van der Waals surface area contributed by atoms with Crippen LogP contribution in [0.25, 0.3) is 0 Å². The number of hydrogen-bond donors (Lipinski definition) is 0. The van der Waals surface area contributed by atoms with Gasteiger partial charge in [0.05, 0.1) is 0 Å². The zero-order chi connectivity index (χ0) is 11.1. The van der Waals surface area contributed by atoms with Crippen molar-refractivity contribution in [3.8, 4) is 0 Å². The van der Waals surface area contributed by atoms with Crippen LogP contribution in [0, 0.1) is 6.92 Å². The Kier molecular flexibility index (Phi) is 5.48. The number of ketones is 1. The lowest BCUT2D eigenvalue weighted by atomic mass is 10.1. The minimum atomic E-state index is 0.380. The molecule has 0 aliphatic heterocycles. The Morgan fingerprint density at radius 2 is 1.87 bits per heavy atom. The fourth-order valence-electron chi connectivity index (χ4n) is 1.38. The molecule has 0 aliphatic carbocycles. The number of benzene rings is 1. The molecule has 1 rings (SSSR count). The molecule has 0 aliphatic rings. The van der Waals surface area contributed by atoms with E-state index in [1.165, 1.54) is 11.1 Å². The summed E-state index contributed by atoms with van der Waals surface area (Å²) in [7, 11) is 0. The first-order valence-corrected chi connectivity index (χ1v) is 6.68. The predicted molar refractivity (Wildman–Crippen MR) is 67.5 cm³/mol. The van der Waals surface area contributed by atoms with Gasteiger partial charge in [0.2, 0.25) is 0 Å². The van der Waals surface area contributed by atoms with Gasteiger partial charge in [-0.2, -0.15) is 11.8 Å². The van der Waals surface area contributed by atoms with E-state index in [1.54, 1.807) is 11.8 Å². The van der Waals surface area contributed by atoms with Crippen LogP contribution < -0.4 is 0 Å². The van der Waals surface area contributed by atoms with Gasteiger partial charge in [0.15, 0.2) is 0 Å². The molecule has 0 aromatic heterocycles. The van der Waals surface area contributed by atoms with Gasteiger partial charge >= 0.3 is 0 Å². The molecule has 1 aromatic carbocycles. The summed E-state index contributed by atoms with van der Waals surface area (Å²) in [6, 6.07) is 8.41. The van der Waals surface area contributed by atoms with Crippen LogP contribution in [0.5, 0.6) is 0 Å². The molecule has 0 radical (unpaired) electrons. The van der Waals surface area contributed by atoms with Gasteiger partial charge in [-0.15, -0.1) is 0 Å². The SMILES string of the molecule is CSCCC(=O)CCc1ccc(C)cc1.